The fourth-order valence-electron chi connectivity index (χ4n) is 1.51. The molecule has 9 heteroatoms. The van der Waals surface area contributed by atoms with Crippen LogP contribution in [0.5, 0.6) is 0 Å². The van der Waals surface area contributed by atoms with Crippen molar-refractivity contribution in [1.82, 2.24) is 9.88 Å². The molecule has 0 aromatic carbocycles. The first-order chi connectivity index (χ1) is 8.56. The molecule has 0 unspecified atom stereocenters. The first kappa shape index (κ1) is 13.0. The Bertz CT molecular complexity index is 513. The van der Waals surface area contributed by atoms with Gasteiger partial charge in [-0.3, -0.25) is 0 Å². The lowest BCUT2D eigenvalue weighted by Gasteiger charge is -2.15. The first-order valence-electron chi connectivity index (χ1n) is 4.97. The smallest absolute Gasteiger partial charge is 0.238 e. The summed E-state index contributed by atoms with van der Waals surface area (Å²) in [5, 5.41) is 13.2. The van der Waals surface area contributed by atoms with Gasteiger partial charge in [-0.15, -0.1) is 0 Å². The lowest BCUT2D eigenvalue weighted by molar-refractivity contribution is -0.485. The minimum atomic E-state index is -0.726. The number of amidine groups is 1. The van der Waals surface area contributed by atoms with E-state index in [9.17, 15) is 14.5 Å². The van der Waals surface area contributed by atoms with Crippen molar-refractivity contribution in [1.29, 1.82) is 0 Å². The van der Waals surface area contributed by atoms with Crippen molar-refractivity contribution in [2.45, 2.75) is 6.54 Å². The first-order valence-corrected chi connectivity index (χ1v) is 6.33. The Kier molecular flexibility index (Phi) is 3.97. The quantitative estimate of drug-likeness (QED) is 0.483. The summed E-state index contributed by atoms with van der Waals surface area (Å²) in [5.74, 6) is 0.00469. The summed E-state index contributed by atoms with van der Waals surface area (Å²) in [7, 11) is 0. The van der Waals surface area contributed by atoms with Crippen molar-refractivity contribution in [3.8, 4) is 0 Å². The van der Waals surface area contributed by atoms with E-state index in [0.717, 1.165) is 5.75 Å². The van der Waals surface area contributed by atoms with Crippen molar-refractivity contribution >= 4 is 28.5 Å². The van der Waals surface area contributed by atoms with Gasteiger partial charge in [0.25, 0.3) is 0 Å². The number of hydrogen-bond donors (Lipinski definition) is 0. The molecule has 0 spiro atoms. The van der Waals surface area contributed by atoms with Gasteiger partial charge in [0.15, 0.2) is 5.03 Å². The molecule has 6 nitrogen and oxygen atoms in total. The Morgan fingerprint density at radius 1 is 1.72 bits per heavy atom. The summed E-state index contributed by atoms with van der Waals surface area (Å²) >= 11 is 6.93. The molecule has 0 aliphatic carbocycles. The summed E-state index contributed by atoms with van der Waals surface area (Å²) in [4.78, 5) is 15.6. The van der Waals surface area contributed by atoms with Crippen molar-refractivity contribution in [3.63, 3.8) is 0 Å². The Morgan fingerprint density at radius 3 is 3.17 bits per heavy atom. The van der Waals surface area contributed by atoms with E-state index in [0.29, 0.717) is 23.8 Å². The monoisotopic (exact) mass is 290 g/mol. The molecule has 0 bridgehead atoms. The molecular weight excluding hydrogens is 283 g/mol. The number of hydrazone groups is 1. The van der Waals surface area contributed by atoms with Gasteiger partial charge < -0.3 is 4.90 Å². The Morgan fingerprint density at radius 2 is 2.50 bits per heavy atom. The topological polar surface area (TPSA) is 71.6 Å². The van der Waals surface area contributed by atoms with Gasteiger partial charge in [-0.2, -0.15) is 4.39 Å². The van der Waals surface area contributed by atoms with Crippen LogP contribution in [-0.2, 0) is 6.54 Å². The number of pyridine rings is 1. The molecule has 1 aliphatic heterocycles. The zero-order valence-corrected chi connectivity index (χ0v) is 10.6. The third-order valence-electron chi connectivity index (χ3n) is 2.26. The number of halogens is 2. The van der Waals surface area contributed by atoms with Gasteiger partial charge in [0.05, 0.1) is 10.1 Å². The van der Waals surface area contributed by atoms with Gasteiger partial charge in [0.2, 0.25) is 11.1 Å². The molecule has 96 valence electrons. The second-order valence-electron chi connectivity index (χ2n) is 3.51. The SMILES string of the molecule is O=[N+]([O-])/N=C1/SCCN1Cc1cnc(F)c(Cl)c1. The number of thioether (sulfide) groups is 1. The molecule has 1 aliphatic rings. The van der Waals surface area contributed by atoms with Gasteiger partial charge in [0, 0.05) is 25.0 Å². The molecule has 2 rings (SSSR count). The fourth-order valence-corrected chi connectivity index (χ4v) is 2.66. The predicted octanol–water partition coefficient (Wildman–Crippen LogP) is 1.97. The molecule has 1 saturated heterocycles. The third-order valence-corrected chi connectivity index (χ3v) is 3.51. The average molecular weight is 291 g/mol. The number of nitrogens with zero attached hydrogens (tertiary/aromatic N) is 4. The number of nitro groups is 1. The zero-order valence-electron chi connectivity index (χ0n) is 9.05. The van der Waals surface area contributed by atoms with Crippen LogP contribution >= 0.6 is 23.4 Å². The average Bonchev–Trinajstić information content (AvgIpc) is 2.70. The van der Waals surface area contributed by atoms with Crippen LogP contribution in [0.25, 0.3) is 0 Å². The highest BCUT2D eigenvalue weighted by Gasteiger charge is 2.23. The molecule has 0 N–H and O–H groups in total. The maximum absolute atomic E-state index is 12.9. The molecule has 1 aromatic rings. The van der Waals surface area contributed by atoms with Gasteiger partial charge in [-0.05, 0) is 11.6 Å². The number of aromatic nitrogens is 1. The predicted molar refractivity (Wildman–Crippen MR) is 66.5 cm³/mol. The molecule has 0 saturated carbocycles. The van der Waals surface area contributed by atoms with E-state index in [1.165, 1.54) is 24.0 Å². The second-order valence-corrected chi connectivity index (χ2v) is 4.98. The minimum absolute atomic E-state index is 0.0629. The van der Waals surface area contributed by atoms with E-state index in [1.54, 1.807) is 4.90 Å². The summed E-state index contributed by atoms with van der Waals surface area (Å²) in [6.45, 7) is 1.01. The van der Waals surface area contributed by atoms with Crippen LogP contribution in [0.1, 0.15) is 5.56 Å². The Balaban J connectivity index is 2.13. The van der Waals surface area contributed by atoms with Gasteiger partial charge in [-0.1, -0.05) is 23.4 Å². The van der Waals surface area contributed by atoms with Crippen molar-refractivity contribution in [3.05, 3.63) is 38.9 Å². The standard InChI is InChI=1S/C9H8ClFN4O2S/c10-7-3-6(4-12-8(7)11)5-14-1-2-18-9(14)13-15(16)17/h3-4H,1-2,5H2/b13-9+. The largest absolute Gasteiger partial charge is 0.341 e. The van der Waals surface area contributed by atoms with Crippen LogP contribution in [0.4, 0.5) is 4.39 Å². The maximum Gasteiger partial charge on any atom is 0.238 e. The van der Waals surface area contributed by atoms with E-state index < -0.39 is 11.0 Å². The molecule has 18 heavy (non-hydrogen) atoms. The van der Waals surface area contributed by atoms with Gasteiger partial charge in [-0.25, -0.2) is 15.1 Å². The van der Waals surface area contributed by atoms with Crippen LogP contribution in [-0.4, -0.2) is 32.4 Å². The highest BCUT2D eigenvalue weighted by Crippen LogP contribution is 2.22. The van der Waals surface area contributed by atoms with E-state index in [2.05, 4.69) is 10.1 Å². The summed E-state index contributed by atoms with van der Waals surface area (Å²) in [6.07, 6.45) is 1.36. The normalized spacial score (nSPS) is 17.4. The Hall–Kier alpha value is -1.41. The third kappa shape index (κ3) is 3.08. The summed E-state index contributed by atoms with van der Waals surface area (Å²) in [5.41, 5.74) is 0.681. The second kappa shape index (κ2) is 5.49. The van der Waals surface area contributed by atoms with E-state index >= 15 is 0 Å². The summed E-state index contributed by atoms with van der Waals surface area (Å²) in [6, 6.07) is 1.46. The molecule has 2 heterocycles. The lowest BCUT2D eigenvalue weighted by atomic mass is 10.2. The highest BCUT2D eigenvalue weighted by molar-refractivity contribution is 8.14. The molecule has 1 fully saturated rings. The van der Waals surface area contributed by atoms with Crippen molar-refractivity contribution < 1.29 is 9.42 Å². The van der Waals surface area contributed by atoms with Crippen molar-refractivity contribution in [2.75, 3.05) is 12.3 Å². The molecule has 1 aromatic heterocycles. The number of rotatable bonds is 3. The minimum Gasteiger partial charge on any atom is -0.341 e. The van der Waals surface area contributed by atoms with E-state index in [-0.39, 0.29) is 5.02 Å². The maximum atomic E-state index is 12.9. The summed E-state index contributed by atoms with van der Waals surface area (Å²) < 4.78 is 12.9. The molecule has 0 amide bonds. The van der Waals surface area contributed by atoms with Crippen molar-refractivity contribution in [2.24, 2.45) is 5.10 Å². The van der Waals surface area contributed by atoms with Crippen LogP contribution in [0, 0.1) is 16.1 Å². The fraction of sp³-hybridized carbons (Fsp3) is 0.333. The highest BCUT2D eigenvalue weighted by atomic mass is 35.5. The van der Waals surface area contributed by atoms with Crippen LogP contribution in [0.15, 0.2) is 17.4 Å². The van der Waals surface area contributed by atoms with Gasteiger partial charge in [0.1, 0.15) is 0 Å². The molecular formula is C9H8ClFN4O2S. The van der Waals surface area contributed by atoms with E-state index in [4.69, 9.17) is 11.6 Å². The molecule has 0 atom stereocenters. The lowest BCUT2D eigenvalue weighted by Crippen LogP contribution is -2.24. The van der Waals surface area contributed by atoms with Crippen LogP contribution in [0.2, 0.25) is 5.02 Å². The van der Waals surface area contributed by atoms with E-state index in [1.807, 2.05) is 0 Å². The molecule has 0 radical (unpaired) electrons. The number of hydrogen-bond acceptors (Lipinski definition) is 4. The Labute approximate surface area is 111 Å². The zero-order chi connectivity index (χ0) is 13.1. The van der Waals surface area contributed by atoms with Gasteiger partial charge >= 0.3 is 0 Å². The van der Waals surface area contributed by atoms with Crippen LogP contribution < -0.4 is 0 Å². The van der Waals surface area contributed by atoms with Crippen LogP contribution in [0.3, 0.4) is 0 Å².